The van der Waals surface area contributed by atoms with E-state index in [1.54, 1.807) is 24.3 Å². The largest absolute Gasteiger partial charge is 0.374 e. The highest BCUT2D eigenvalue weighted by atomic mass is 32.2. The van der Waals surface area contributed by atoms with Crippen molar-refractivity contribution in [3.8, 4) is 6.07 Å². The van der Waals surface area contributed by atoms with E-state index < -0.39 is 10.0 Å². The molecule has 7 heteroatoms. The average Bonchev–Trinajstić information content (AvgIpc) is 2.46. The topological polar surface area (TPSA) is 82.4 Å². The monoisotopic (exact) mass is 309 g/mol. The van der Waals surface area contributed by atoms with Crippen molar-refractivity contribution >= 4 is 10.0 Å². The van der Waals surface area contributed by atoms with Crippen LogP contribution in [0.25, 0.3) is 0 Å². The molecular weight excluding hydrogens is 290 g/mol. The Morgan fingerprint density at radius 1 is 1.48 bits per heavy atom. The summed E-state index contributed by atoms with van der Waals surface area (Å²) in [7, 11) is -1.50. The molecule has 0 spiro atoms. The second-order valence-corrected chi connectivity index (χ2v) is 6.94. The van der Waals surface area contributed by atoms with Gasteiger partial charge in [0.2, 0.25) is 10.0 Å². The maximum absolute atomic E-state index is 12.1. The lowest BCUT2D eigenvalue weighted by Gasteiger charge is -2.30. The Morgan fingerprint density at radius 3 is 2.95 bits per heavy atom. The van der Waals surface area contributed by atoms with Crippen LogP contribution in [-0.4, -0.2) is 52.7 Å². The molecule has 0 radical (unpaired) electrons. The lowest BCUT2D eigenvalue weighted by Crippen LogP contribution is -2.46. The molecule has 1 unspecified atom stereocenters. The molecule has 1 fully saturated rings. The summed E-state index contributed by atoms with van der Waals surface area (Å²) in [6.45, 7) is 2.43. The Balaban J connectivity index is 1.94. The first-order chi connectivity index (χ1) is 10.00. The Bertz CT molecular complexity index is 625. The van der Waals surface area contributed by atoms with Crippen LogP contribution in [0.2, 0.25) is 0 Å². The molecule has 21 heavy (non-hydrogen) atoms. The van der Waals surface area contributed by atoms with Gasteiger partial charge in [0.1, 0.15) is 0 Å². The molecule has 0 aliphatic carbocycles. The van der Waals surface area contributed by atoms with Gasteiger partial charge in [-0.25, -0.2) is 13.1 Å². The summed E-state index contributed by atoms with van der Waals surface area (Å²) in [4.78, 5) is 2.10. The van der Waals surface area contributed by atoms with E-state index in [1.165, 1.54) is 0 Å². The smallest absolute Gasteiger partial charge is 0.215 e. The first-order valence-corrected chi connectivity index (χ1v) is 8.41. The zero-order chi connectivity index (χ0) is 15.3. The van der Waals surface area contributed by atoms with Crippen molar-refractivity contribution in [3.63, 3.8) is 0 Å². The summed E-state index contributed by atoms with van der Waals surface area (Å²) >= 11 is 0. The van der Waals surface area contributed by atoms with E-state index in [4.69, 9.17) is 10.00 Å². The van der Waals surface area contributed by atoms with Gasteiger partial charge in [-0.15, -0.1) is 0 Å². The van der Waals surface area contributed by atoms with Crippen molar-refractivity contribution in [2.45, 2.75) is 11.9 Å². The van der Waals surface area contributed by atoms with Gasteiger partial charge in [-0.1, -0.05) is 18.2 Å². The molecule has 1 aliphatic rings. The Kier molecular flexibility index (Phi) is 5.31. The van der Waals surface area contributed by atoms with Crippen LogP contribution in [0.5, 0.6) is 0 Å². The third kappa shape index (κ3) is 4.79. The van der Waals surface area contributed by atoms with Gasteiger partial charge in [0.25, 0.3) is 0 Å². The number of nitrogens with one attached hydrogen (secondary N) is 1. The van der Waals surface area contributed by atoms with Gasteiger partial charge in [-0.3, -0.25) is 0 Å². The summed E-state index contributed by atoms with van der Waals surface area (Å²) in [5.41, 5.74) is 0.894. The van der Waals surface area contributed by atoms with E-state index in [0.29, 0.717) is 24.3 Å². The molecule has 0 bridgehead atoms. The molecule has 1 atom stereocenters. The van der Waals surface area contributed by atoms with Crippen LogP contribution in [0.3, 0.4) is 0 Å². The van der Waals surface area contributed by atoms with Crippen LogP contribution in [0, 0.1) is 11.3 Å². The molecule has 1 N–H and O–H groups in total. The second-order valence-electron chi connectivity index (χ2n) is 5.13. The molecule has 114 valence electrons. The minimum absolute atomic E-state index is 0.135. The van der Waals surface area contributed by atoms with E-state index in [-0.39, 0.29) is 18.4 Å². The number of likely N-dealkylation sites (N-methyl/N-ethyl adjacent to an activating group) is 1. The summed E-state index contributed by atoms with van der Waals surface area (Å²) < 4.78 is 32.3. The van der Waals surface area contributed by atoms with Gasteiger partial charge in [-0.05, 0) is 18.7 Å². The molecule has 1 saturated heterocycles. The molecule has 0 saturated carbocycles. The first-order valence-electron chi connectivity index (χ1n) is 6.75. The molecule has 0 amide bonds. The maximum Gasteiger partial charge on any atom is 0.215 e. The molecule has 6 nitrogen and oxygen atoms in total. The van der Waals surface area contributed by atoms with Gasteiger partial charge in [-0.2, -0.15) is 5.26 Å². The van der Waals surface area contributed by atoms with E-state index in [0.717, 1.165) is 6.54 Å². The number of morpholine rings is 1. The van der Waals surface area contributed by atoms with Crippen molar-refractivity contribution in [2.75, 3.05) is 33.3 Å². The minimum Gasteiger partial charge on any atom is -0.374 e. The Labute approximate surface area is 125 Å². The molecule has 2 rings (SSSR count). The number of ether oxygens (including phenoxy) is 1. The van der Waals surface area contributed by atoms with Crippen LogP contribution in [0.4, 0.5) is 0 Å². The Hall–Kier alpha value is -1.46. The normalized spacial score (nSPS) is 20.1. The van der Waals surface area contributed by atoms with Crippen LogP contribution in [0.15, 0.2) is 24.3 Å². The van der Waals surface area contributed by atoms with Crippen molar-refractivity contribution in [2.24, 2.45) is 0 Å². The summed E-state index contributed by atoms with van der Waals surface area (Å²) in [5.74, 6) is -0.195. The number of nitrogens with zero attached hydrogens (tertiary/aromatic N) is 2. The van der Waals surface area contributed by atoms with Crippen LogP contribution >= 0.6 is 0 Å². The number of sulfonamides is 1. The molecule has 1 aromatic carbocycles. The molecule has 0 aromatic heterocycles. The maximum atomic E-state index is 12.1. The van der Waals surface area contributed by atoms with Crippen LogP contribution in [-0.2, 0) is 20.5 Å². The highest BCUT2D eigenvalue weighted by Gasteiger charge is 2.21. The zero-order valence-electron chi connectivity index (χ0n) is 11.9. The minimum atomic E-state index is -3.48. The summed E-state index contributed by atoms with van der Waals surface area (Å²) in [6.07, 6.45) is -0.135. The van der Waals surface area contributed by atoms with Gasteiger partial charge in [0, 0.05) is 19.6 Å². The Morgan fingerprint density at radius 2 is 2.24 bits per heavy atom. The van der Waals surface area contributed by atoms with Crippen molar-refractivity contribution < 1.29 is 13.2 Å². The molecule has 1 heterocycles. The number of nitriles is 1. The van der Waals surface area contributed by atoms with Crippen LogP contribution < -0.4 is 4.72 Å². The lowest BCUT2D eigenvalue weighted by atomic mass is 10.1. The van der Waals surface area contributed by atoms with Crippen molar-refractivity contribution in [3.05, 3.63) is 35.4 Å². The highest BCUT2D eigenvalue weighted by Crippen LogP contribution is 2.11. The molecule has 1 aromatic rings. The van der Waals surface area contributed by atoms with E-state index >= 15 is 0 Å². The van der Waals surface area contributed by atoms with Crippen molar-refractivity contribution in [1.29, 1.82) is 5.26 Å². The third-order valence-corrected chi connectivity index (χ3v) is 4.65. The van der Waals surface area contributed by atoms with E-state index in [9.17, 15) is 8.42 Å². The number of rotatable bonds is 5. The SMILES string of the molecule is CN1CCOC(CNS(=O)(=O)Cc2ccccc2C#N)C1. The van der Waals surface area contributed by atoms with Gasteiger partial charge >= 0.3 is 0 Å². The number of hydrogen-bond donors (Lipinski definition) is 1. The fourth-order valence-electron chi connectivity index (χ4n) is 2.22. The zero-order valence-corrected chi connectivity index (χ0v) is 12.8. The fourth-order valence-corrected chi connectivity index (χ4v) is 3.42. The predicted octanol–water partition coefficient (Wildman–Crippen LogP) is 0.308. The quantitative estimate of drug-likeness (QED) is 0.846. The van der Waals surface area contributed by atoms with Gasteiger partial charge < -0.3 is 9.64 Å². The predicted molar refractivity (Wildman–Crippen MR) is 79.0 cm³/mol. The standard InChI is InChI=1S/C14H19N3O3S/c1-17-6-7-20-14(10-17)9-16-21(18,19)11-13-5-3-2-4-12(13)8-15/h2-5,14,16H,6-7,9-11H2,1H3. The first kappa shape index (κ1) is 15.9. The average molecular weight is 309 g/mol. The molecule has 1 aliphatic heterocycles. The number of hydrogen-bond acceptors (Lipinski definition) is 5. The van der Waals surface area contributed by atoms with E-state index in [2.05, 4.69) is 9.62 Å². The molecular formula is C14H19N3O3S. The third-order valence-electron chi connectivity index (χ3n) is 3.36. The van der Waals surface area contributed by atoms with E-state index in [1.807, 2.05) is 13.1 Å². The van der Waals surface area contributed by atoms with Gasteiger partial charge in [0.15, 0.2) is 0 Å². The number of benzene rings is 1. The highest BCUT2D eigenvalue weighted by molar-refractivity contribution is 7.88. The summed E-state index contributed by atoms with van der Waals surface area (Å²) in [6, 6.07) is 8.72. The second kappa shape index (κ2) is 7.00. The lowest BCUT2D eigenvalue weighted by molar-refractivity contribution is -0.0156. The van der Waals surface area contributed by atoms with Crippen molar-refractivity contribution in [1.82, 2.24) is 9.62 Å². The van der Waals surface area contributed by atoms with Crippen LogP contribution in [0.1, 0.15) is 11.1 Å². The summed E-state index contributed by atoms with van der Waals surface area (Å²) in [5, 5.41) is 8.99. The fraction of sp³-hybridized carbons (Fsp3) is 0.500. The van der Waals surface area contributed by atoms with Gasteiger partial charge in [0.05, 0.1) is 30.1 Å².